The summed E-state index contributed by atoms with van der Waals surface area (Å²) in [5, 5.41) is 3.13. The molecule has 27 heavy (non-hydrogen) atoms. The van der Waals surface area contributed by atoms with Gasteiger partial charge in [-0.2, -0.15) is 0 Å². The molecule has 1 amide bonds. The molecule has 2 aromatic rings. The van der Waals surface area contributed by atoms with Gasteiger partial charge in [-0.15, -0.1) is 0 Å². The molecule has 0 radical (unpaired) electrons. The summed E-state index contributed by atoms with van der Waals surface area (Å²) >= 11 is 0. The molecule has 0 saturated carbocycles. The van der Waals surface area contributed by atoms with Gasteiger partial charge in [0, 0.05) is 24.4 Å². The Morgan fingerprint density at radius 3 is 2.93 bits per heavy atom. The second kappa shape index (κ2) is 8.09. The molecule has 1 fully saturated rings. The van der Waals surface area contributed by atoms with E-state index in [-0.39, 0.29) is 18.1 Å². The number of pyridine rings is 1. The number of aromatic nitrogens is 1. The lowest BCUT2D eigenvalue weighted by atomic mass is 10.0. The van der Waals surface area contributed by atoms with Crippen molar-refractivity contribution < 1.29 is 9.53 Å². The molecule has 2 atom stereocenters. The maximum absolute atomic E-state index is 12.7. The smallest absolute Gasteiger partial charge is 0.237 e. The van der Waals surface area contributed by atoms with Crippen molar-refractivity contribution in [1.82, 2.24) is 15.2 Å². The number of likely N-dealkylation sites (tertiary alicyclic amines) is 1. The van der Waals surface area contributed by atoms with Crippen LogP contribution in [0.3, 0.4) is 0 Å². The first-order chi connectivity index (χ1) is 13.2. The normalized spacial score (nSPS) is 22.6. The molecule has 1 N–H and O–H groups in total. The Balaban J connectivity index is 1.40. The molecule has 2 aliphatic rings. The number of carbonyl (C=O) groups excluding carboxylic acids is 1. The van der Waals surface area contributed by atoms with Crippen LogP contribution in [0.2, 0.25) is 0 Å². The second-order valence-corrected chi connectivity index (χ2v) is 7.56. The molecule has 0 spiro atoms. The standard InChI is InChI=1S/C22H27N3O2/c1-25-13-4-2-3-8-20(25)22(26)24-15-18-14-17-6-5-7-19(21(17)27-18)16-9-11-23-12-10-16/h5-7,9-12,18,20H,2-4,8,13-15H2,1H3,(H,24,26)/t18-,20+/m0/s1. The van der Waals surface area contributed by atoms with Crippen molar-refractivity contribution in [2.45, 2.75) is 44.2 Å². The lowest BCUT2D eigenvalue weighted by Crippen LogP contribution is -2.47. The van der Waals surface area contributed by atoms with Crippen LogP contribution in [0.5, 0.6) is 5.75 Å². The van der Waals surface area contributed by atoms with Gasteiger partial charge in [-0.3, -0.25) is 14.7 Å². The maximum Gasteiger partial charge on any atom is 0.237 e. The third-order valence-corrected chi connectivity index (χ3v) is 5.65. The number of hydrogen-bond donors (Lipinski definition) is 1. The fourth-order valence-electron chi connectivity index (χ4n) is 4.13. The fraction of sp³-hybridized carbons (Fsp3) is 0.455. The first-order valence-electron chi connectivity index (χ1n) is 9.89. The van der Waals surface area contributed by atoms with Gasteiger partial charge < -0.3 is 10.1 Å². The number of amides is 1. The van der Waals surface area contributed by atoms with Crippen LogP contribution < -0.4 is 10.1 Å². The van der Waals surface area contributed by atoms with Gasteiger partial charge in [-0.05, 0) is 49.7 Å². The number of likely N-dealkylation sites (N-methyl/N-ethyl adjacent to an activating group) is 1. The van der Waals surface area contributed by atoms with Crippen molar-refractivity contribution in [3.63, 3.8) is 0 Å². The lowest BCUT2D eigenvalue weighted by Gasteiger charge is -2.25. The zero-order valence-electron chi connectivity index (χ0n) is 15.9. The Labute approximate surface area is 160 Å². The van der Waals surface area contributed by atoms with Gasteiger partial charge in [0.05, 0.1) is 12.6 Å². The number of benzene rings is 1. The highest BCUT2D eigenvalue weighted by Crippen LogP contribution is 2.38. The summed E-state index contributed by atoms with van der Waals surface area (Å²) in [6.07, 6.45) is 8.88. The highest BCUT2D eigenvalue weighted by molar-refractivity contribution is 5.81. The number of nitrogens with zero attached hydrogens (tertiary/aromatic N) is 2. The molecule has 4 rings (SSSR count). The highest BCUT2D eigenvalue weighted by atomic mass is 16.5. The van der Waals surface area contributed by atoms with Crippen LogP contribution in [0.15, 0.2) is 42.7 Å². The van der Waals surface area contributed by atoms with E-state index < -0.39 is 0 Å². The summed E-state index contributed by atoms with van der Waals surface area (Å²) in [5.41, 5.74) is 3.40. The quantitative estimate of drug-likeness (QED) is 0.905. The van der Waals surface area contributed by atoms with Crippen LogP contribution in [-0.4, -0.2) is 48.1 Å². The number of fused-ring (bicyclic) bond motifs is 1. The summed E-state index contributed by atoms with van der Waals surface area (Å²) in [6, 6.07) is 10.2. The third kappa shape index (κ3) is 3.98. The molecule has 3 heterocycles. The molecule has 2 aliphatic heterocycles. The predicted octanol–water partition coefficient (Wildman–Crippen LogP) is 3.04. The topological polar surface area (TPSA) is 54.5 Å². The number of para-hydroxylation sites is 1. The van der Waals surface area contributed by atoms with E-state index in [1.54, 1.807) is 12.4 Å². The van der Waals surface area contributed by atoms with E-state index in [1.165, 1.54) is 18.4 Å². The molecular weight excluding hydrogens is 338 g/mol. The average molecular weight is 365 g/mol. The molecule has 5 heteroatoms. The summed E-state index contributed by atoms with van der Waals surface area (Å²) in [7, 11) is 2.05. The van der Waals surface area contributed by atoms with Gasteiger partial charge in [0.1, 0.15) is 11.9 Å². The Morgan fingerprint density at radius 2 is 2.07 bits per heavy atom. The number of rotatable bonds is 4. The Bertz CT molecular complexity index is 793. The monoisotopic (exact) mass is 365 g/mol. The first kappa shape index (κ1) is 18.0. The van der Waals surface area contributed by atoms with Crippen LogP contribution in [0.1, 0.15) is 31.2 Å². The Kier molecular flexibility index (Phi) is 5.39. The largest absolute Gasteiger partial charge is 0.487 e. The van der Waals surface area contributed by atoms with Crippen molar-refractivity contribution in [3.8, 4) is 16.9 Å². The van der Waals surface area contributed by atoms with E-state index in [2.05, 4.69) is 40.4 Å². The summed E-state index contributed by atoms with van der Waals surface area (Å²) in [5.74, 6) is 1.07. The third-order valence-electron chi connectivity index (χ3n) is 5.65. The van der Waals surface area contributed by atoms with Gasteiger partial charge in [-0.25, -0.2) is 0 Å². The average Bonchev–Trinajstić information content (AvgIpc) is 3.00. The number of carbonyl (C=O) groups is 1. The van der Waals surface area contributed by atoms with Crippen LogP contribution in [0.25, 0.3) is 11.1 Å². The van der Waals surface area contributed by atoms with Gasteiger partial charge >= 0.3 is 0 Å². The number of nitrogens with one attached hydrogen (secondary N) is 1. The van der Waals surface area contributed by atoms with E-state index in [1.807, 2.05) is 12.1 Å². The SMILES string of the molecule is CN1CCCCC[C@@H]1C(=O)NC[C@@H]1Cc2cccc(-c3ccncc3)c2O1. The van der Waals surface area contributed by atoms with Crippen molar-refractivity contribution in [3.05, 3.63) is 48.3 Å². The van der Waals surface area contributed by atoms with E-state index in [0.717, 1.165) is 42.7 Å². The minimum atomic E-state index is -0.0111. The molecule has 1 aromatic carbocycles. The van der Waals surface area contributed by atoms with Gasteiger partial charge in [0.15, 0.2) is 0 Å². The fourth-order valence-corrected chi connectivity index (χ4v) is 4.13. The zero-order valence-corrected chi connectivity index (χ0v) is 15.9. The second-order valence-electron chi connectivity index (χ2n) is 7.56. The molecule has 0 bridgehead atoms. The maximum atomic E-state index is 12.7. The summed E-state index contributed by atoms with van der Waals surface area (Å²) in [4.78, 5) is 18.9. The Morgan fingerprint density at radius 1 is 1.22 bits per heavy atom. The van der Waals surface area contributed by atoms with Gasteiger partial charge in [0.25, 0.3) is 0 Å². The van der Waals surface area contributed by atoms with Crippen molar-refractivity contribution >= 4 is 5.91 Å². The van der Waals surface area contributed by atoms with Crippen molar-refractivity contribution in [1.29, 1.82) is 0 Å². The van der Waals surface area contributed by atoms with Crippen LogP contribution >= 0.6 is 0 Å². The lowest BCUT2D eigenvalue weighted by molar-refractivity contribution is -0.126. The molecule has 1 saturated heterocycles. The highest BCUT2D eigenvalue weighted by Gasteiger charge is 2.28. The zero-order chi connectivity index (χ0) is 18.6. The van der Waals surface area contributed by atoms with Crippen LogP contribution in [0.4, 0.5) is 0 Å². The van der Waals surface area contributed by atoms with Gasteiger partial charge in [0.2, 0.25) is 5.91 Å². The predicted molar refractivity (Wildman–Crippen MR) is 106 cm³/mol. The number of hydrogen-bond acceptors (Lipinski definition) is 4. The molecule has 142 valence electrons. The van der Waals surface area contributed by atoms with Crippen LogP contribution in [0, 0.1) is 0 Å². The van der Waals surface area contributed by atoms with E-state index in [4.69, 9.17) is 4.74 Å². The van der Waals surface area contributed by atoms with E-state index in [9.17, 15) is 4.79 Å². The number of ether oxygens (including phenoxy) is 1. The van der Waals surface area contributed by atoms with Crippen molar-refractivity contribution in [2.75, 3.05) is 20.1 Å². The van der Waals surface area contributed by atoms with E-state index in [0.29, 0.717) is 6.54 Å². The summed E-state index contributed by atoms with van der Waals surface area (Å²) in [6.45, 7) is 1.55. The molecule has 0 unspecified atom stereocenters. The van der Waals surface area contributed by atoms with Gasteiger partial charge in [-0.1, -0.05) is 31.0 Å². The molecule has 5 nitrogen and oxygen atoms in total. The van der Waals surface area contributed by atoms with Crippen LogP contribution in [-0.2, 0) is 11.2 Å². The van der Waals surface area contributed by atoms with E-state index >= 15 is 0 Å². The minimum Gasteiger partial charge on any atom is -0.487 e. The minimum absolute atomic E-state index is 0.0105. The first-order valence-corrected chi connectivity index (χ1v) is 9.89. The molecular formula is C22H27N3O2. The summed E-state index contributed by atoms with van der Waals surface area (Å²) < 4.78 is 6.23. The van der Waals surface area contributed by atoms with Crippen molar-refractivity contribution in [2.24, 2.45) is 0 Å². The molecule has 0 aliphatic carbocycles. The Hall–Kier alpha value is -2.40. The molecule has 1 aromatic heterocycles.